The second kappa shape index (κ2) is 2.83. The molecule has 2 heterocycles. The highest BCUT2D eigenvalue weighted by Crippen LogP contribution is 2.20. The van der Waals surface area contributed by atoms with Crippen LogP contribution in [0, 0.1) is 0 Å². The summed E-state index contributed by atoms with van der Waals surface area (Å²) in [6.07, 6.45) is 2.96. The Hall–Kier alpha value is -0.950. The van der Waals surface area contributed by atoms with Gasteiger partial charge in [-0.1, -0.05) is 11.3 Å². The summed E-state index contributed by atoms with van der Waals surface area (Å²) in [5.74, 6) is 0. The number of halogens is 1. The molecule has 2 aromatic heterocycles. The molecule has 1 N–H and O–H groups in total. The Morgan fingerprint density at radius 2 is 2.50 bits per heavy atom. The van der Waals surface area contributed by atoms with Crippen LogP contribution in [0.4, 0.5) is 0 Å². The molecule has 0 fully saturated rings. The Morgan fingerprint density at radius 3 is 3.00 bits per heavy atom. The number of H-pyrrole nitrogens is 1. The minimum Gasteiger partial charge on any atom is -0.295 e. The van der Waals surface area contributed by atoms with Gasteiger partial charge in [-0.25, -0.2) is 9.78 Å². The quantitative estimate of drug-likeness (QED) is 0.809. The van der Waals surface area contributed by atoms with Crippen LogP contribution in [0.5, 0.6) is 0 Å². The molecule has 0 atom stereocenters. The minimum atomic E-state index is -0.281. The lowest BCUT2D eigenvalue weighted by molar-refractivity contribution is 0.833. The standard InChI is InChI=1S/C5H3BrN4OS/c6-3-1-7-5(12-3)10-4(11)8-2-9-10/h1-2H,(H,8,9,11). The molecule has 0 unspecified atom stereocenters. The Bertz CT molecular complexity index is 444. The molecule has 7 heteroatoms. The molecular weight excluding hydrogens is 244 g/mol. The number of aromatic amines is 1. The van der Waals surface area contributed by atoms with Gasteiger partial charge in [0.05, 0.1) is 9.98 Å². The molecule has 0 saturated carbocycles. The number of nitrogens with zero attached hydrogens (tertiary/aromatic N) is 3. The molecule has 0 saturated heterocycles. The third-order valence-corrected chi connectivity index (χ3v) is 2.65. The third kappa shape index (κ3) is 1.21. The Morgan fingerprint density at radius 1 is 1.67 bits per heavy atom. The van der Waals surface area contributed by atoms with E-state index in [1.807, 2.05) is 0 Å². The van der Waals surface area contributed by atoms with Crippen molar-refractivity contribution in [2.24, 2.45) is 0 Å². The molecule has 0 aliphatic heterocycles. The summed E-state index contributed by atoms with van der Waals surface area (Å²) < 4.78 is 2.07. The number of nitrogens with one attached hydrogen (secondary N) is 1. The van der Waals surface area contributed by atoms with Crippen LogP contribution in [0.15, 0.2) is 21.1 Å². The van der Waals surface area contributed by atoms with E-state index in [1.54, 1.807) is 6.20 Å². The number of hydrogen-bond acceptors (Lipinski definition) is 4. The van der Waals surface area contributed by atoms with Gasteiger partial charge in [-0.15, -0.1) is 0 Å². The second-order valence-electron chi connectivity index (χ2n) is 1.95. The number of thiazole rings is 1. The predicted molar refractivity (Wildman–Crippen MR) is 47.6 cm³/mol. The normalized spacial score (nSPS) is 10.4. The predicted octanol–water partition coefficient (Wildman–Crippen LogP) is 0.780. The van der Waals surface area contributed by atoms with Crippen molar-refractivity contribution >= 4 is 27.3 Å². The molecule has 0 aromatic carbocycles. The van der Waals surface area contributed by atoms with Gasteiger partial charge in [-0.3, -0.25) is 4.98 Å². The van der Waals surface area contributed by atoms with Crippen molar-refractivity contribution in [1.29, 1.82) is 0 Å². The van der Waals surface area contributed by atoms with Gasteiger partial charge in [-0.2, -0.15) is 9.78 Å². The van der Waals surface area contributed by atoms with E-state index in [9.17, 15) is 4.79 Å². The lowest BCUT2D eigenvalue weighted by Crippen LogP contribution is -2.15. The van der Waals surface area contributed by atoms with E-state index in [2.05, 4.69) is 31.0 Å². The van der Waals surface area contributed by atoms with E-state index in [4.69, 9.17) is 0 Å². The van der Waals surface area contributed by atoms with Gasteiger partial charge in [0.1, 0.15) is 6.33 Å². The second-order valence-corrected chi connectivity index (χ2v) is 4.34. The fourth-order valence-electron chi connectivity index (χ4n) is 0.735. The molecule has 0 radical (unpaired) electrons. The topological polar surface area (TPSA) is 63.6 Å². The molecule has 2 aromatic rings. The van der Waals surface area contributed by atoms with Gasteiger partial charge in [-0.05, 0) is 15.9 Å². The Labute approximate surface area is 79.2 Å². The van der Waals surface area contributed by atoms with Gasteiger partial charge in [0, 0.05) is 0 Å². The van der Waals surface area contributed by atoms with E-state index in [-0.39, 0.29) is 5.69 Å². The van der Waals surface area contributed by atoms with E-state index in [0.717, 1.165) is 3.79 Å². The maximum absolute atomic E-state index is 11.0. The van der Waals surface area contributed by atoms with Crippen molar-refractivity contribution in [3.05, 3.63) is 26.8 Å². The summed E-state index contributed by atoms with van der Waals surface area (Å²) >= 11 is 4.59. The van der Waals surface area contributed by atoms with Gasteiger partial charge < -0.3 is 0 Å². The van der Waals surface area contributed by atoms with Crippen molar-refractivity contribution in [1.82, 2.24) is 19.7 Å². The summed E-state index contributed by atoms with van der Waals surface area (Å²) in [6.45, 7) is 0. The maximum Gasteiger partial charge on any atom is 0.349 e. The Balaban J connectivity index is 2.58. The average molecular weight is 247 g/mol. The summed E-state index contributed by atoms with van der Waals surface area (Å²) in [6, 6.07) is 0. The molecule has 12 heavy (non-hydrogen) atoms. The molecule has 5 nitrogen and oxygen atoms in total. The van der Waals surface area contributed by atoms with Crippen LogP contribution in [0.3, 0.4) is 0 Å². The fraction of sp³-hybridized carbons (Fsp3) is 0. The summed E-state index contributed by atoms with van der Waals surface area (Å²) in [7, 11) is 0. The fourth-order valence-corrected chi connectivity index (χ4v) is 1.87. The van der Waals surface area contributed by atoms with Crippen LogP contribution in [0.2, 0.25) is 0 Å². The molecule has 0 aliphatic carbocycles. The van der Waals surface area contributed by atoms with Crippen LogP contribution >= 0.6 is 27.3 Å². The van der Waals surface area contributed by atoms with Crippen molar-refractivity contribution in [3.8, 4) is 5.13 Å². The van der Waals surface area contributed by atoms with E-state index < -0.39 is 0 Å². The number of aromatic nitrogens is 4. The largest absolute Gasteiger partial charge is 0.349 e. The summed E-state index contributed by atoms with van der Waals surface area (Å²) in [4.78, 5) is 17.4. The molecule has 2 rings (SSSR count). The zero-order valence-electron chi connectivity index (χ0n) is 5.69. The SMILES string of the molecule is O=c1[nH]cnn1-c1ncc(Br)s1. The molecule has 62 valence electrons. The highest BCUT2D eigenvalue weighted by molar-refractivity contribution is 9.11. The van der Waals surface area contributed by atoms with E-state index >= 15 is 0 Å². The lowest BCUT2D eigenvalue weighted by atomic mass is 11.0. The number of rotatable bonds is 1. The number of hydrogen-bond donors (Lipinski definition) is 1. The van der Waals surface area contributed by atoms with Crippen molar-refractivity contribution in [3.63, 3.8) is 0 Å². The van der Waals surface area contributed by atoms with Gasteiger partial charge >= 0.3 is 5.69 Å². The monoisotopic (exact) mass is 246 g/mol. The maximum atomic E-state index is 11.0. The first-order valence-corrected chi connectivity index (χ1v) is 4.63. The van der Waals surface area contributed by atoms with Gasteiger partial charge in [0.25, 0.3) is 0 Å². The van der Waals surface area contributed by atoms with Crippen LogP contribution in [0.25, 0.3) is 5.13 Å². The first-order valence-electron chi connectivity index (χ1n) is 3.02. The van der Waals surface area contributed by atoms with Crippen LogP contribution in [-0.2, 0) is 0 Å². The minimum absolute atomic E-state index is 0.281. The smallest absolute Gasteiger partial charge is 0.295 e. The molecule has 0 aliphatic rings. The summed E-state index contributed by atoms with van der Waals surface area (Å²) in [5, 5.41) is 4.32. The zero-order chi connectivity index (χ0) is 8.55. The highest BCUT2D eigenvalue weighted by Gasteiger charge is 2.05. The summed E-state index contributed by atoms with van der Waals surface area (Å²) in [5.41, 5.74) is -0.281. The molecule has 0 spiro atoms. The van der Waals surface area contributed by atoms with Gasteiger partial charge in [0.2, 0.25) is 5.13 Å². The van der Waals surface area contributed by atoms with Crippen molar-refractivity contribution < 1.29 is 0 Å². The Kier molecular flexibility index (Phi) is 1.81. The van der Waals surface area contributed by atoms with Crippen LogP contribution in [0.1, 0.15) is 0 Å². The third-order valence-electron chi connectivity index (χ3n) is 1.20. The molecule has 0 amide bonds. The van der Waals surface area contributed by atoms with Crippen molar-refractivity contribution in [2.45, 2.75) is 0 Å². The first kappa shape index (κ1) is 7.69. The zero-order valence-corrected chi connectivity index (χ0v) is 8.09. The van der Waals surface area contributed by atoms with E-state index in [1.165, 1.54) is 22.3 Å². The molecular formula is C5H3BrN4OS. The average Bonchev–Trinajstić information content (AvgIpc) is 2.58. The highest BCUT2D eigenvalue weighted by atomic mass is 79.9. The van der Waals surface area contributed by atoms with Crippen LogP contribution in [-0.4, -0.2) is 19.7 Å². The van der Waals surface area contributed by atoms with E-state index in [0.29, 0.717) is 5.13 Å². The first-order chi connectivity index (χ1) is 5.77. The van der Waals surface area contributed by atoms with Crippen molar-refractivity contribution in [2.75, 3.05) is 0 Å². The lowest BCUT2D eigenvalue weighted by Gasteiger charge is -1.87. The molecule has 0 bridgehead atoms. The van der Waals surface area contributed by atoms with Gasteiger partial charge in [0.15, 0.2) is 0 Å². The van der Waals surface area contributed by atoms with Crippen LogP contribution < -0.4 is 5.69 Å².